The third kappa shape index (κ3) is 7.04. The molecule has 0 unspecified atom stereocenters. The molecule has 0 atom stereocenters. The Morgan fingerprint density at radius 1 is 0.939 bits per heavy atom. The number of hydrogen-bond acceptors (Lipinski definition) is 4. The van der Waals surface area contributed by atoms with Gasteiger partial charge in [-0.1, -0.05) is 97.4 Å². The largest absolute Gasteiger partial charge is 0.379 e. The van der Waals surface area contributed by atoms with Crippen LogP contribution in [-0.4, -0.2) is 19.6 Å². The maximum Gasteiger partial charge on any atom is 0.274 e. The summed E-state index contributed by atoms with van der Waals surface area (Å²) >= 11 is 0. The van der Waals surface area contributed by atoms with Crippen molar-refractivity contribution in [2.75, 3.05) is 5.32 Å². The fourth-order valence-electron chi connectivity index (χ4n) is 3.02. The molecule has 6 nitrogen and oxygen atoms in total. The SMILES string of the molecule is CC.CC(C)(C)c1ccc(-c2nc3nc(CNc4ccccc4)cc(=O)n3[nH]2)cc1.CCC. The van der Waals surface area contributed by atoms with Gasteiger partial charge in [0.1, 0.15) is 0 Å². The third-order valence-corrected chi connectivity index (χ3v) is 4.66. The molecule has 2 N–H and O–H groups in total. The summed E-state index contributed by atoms with van der Waals surface area (Å²) < 4.78 is 1.37. The standard InChI is InChI=1S/C22H23N5O.C3H8.C2H6/c1-22(2,3)16-11-9-15(10-12-16)20-25-21-24-18(13-19(28)27(21)26-20)14-23-17-7-5-4-6-8-17;1-3-2;1-2/h4-13,23H,14H2,1-3H3,(H,24,25,26);3H2,1-2H3;1-2H3. The monoisotopic (exact) mass is 447 g/mol. The molecule has 0 fully saturated rings. The van der Waals surface area contributed by atoms with Gasteiger partial charge in [0.2, 0.25) is 0 Å². The van der Waals surface area contributed by atoms with Crippen molar-refractivity contribution in [1.82, 2.24) is 19.6 Å². The molecule has 0 spiro atoms. The lowest BCUT2D eigenvalue weighted by molar-refractivity contribution is 0.590. The van der Waals surface area contributed by atoms with Crippen LogP contribution in [0, 0.1) is 0 Å². The van der Waals surface area contributed by atoms with Crippen LogP contribution in [0.1, 0.15) is 66.1 Å². The summed E-state index contributed by atoms with van der Waals surface area (Å²) in [4.78, 5) is 21.5. The maximum absolute atomic E-state index is 12.5. The van der Waals surface area contributed by atoms with Crippen LogP contribution in [0.3, 0.4) is 0 Å². The van der Waals surface area contributed by atoms with Gasteiger partial charge in [0.05, 0.1) is 12.2 Å². The molecular weight excluding hydrogens is 410 g/mol. The minimum absolute atomic E-state index is 0.0888. The van der Waals surface area contributed by atoms with E-state index in [1.54, 1.807) is 0 Å². The fraction of sp³-hybridized carbons (Fsp3) is 0.370. The zero-order valence-corrected chi connectivity index (χ0v) is 20.9. The zero-order chi connectivity index (χ0) is 24.4. The summed E-state index contributed by atoms with van der Waals surface area (Å²) in [6.07, 6.45) is 1.25. The molecule has 2 aromatic heterocycles. The molecule has 176 valence electrons. The molecule has 0 aliphatic heterocycles. The molecule has 4 aromatic rings. The van der Waals surface area contributed by atoms with Crippen LogP contribution in [0.25, 0.3) is 17.2 Å². The van der Waals surface area contributed by atoms with Crippen LogP contribution < -0.4 is 10.9 Å². The van der Waals surface area contributed by atoms with Crippen molar-refractivity contribution in [3.05, 3.63) is 82.3 Å². The smallest absolute Gasteiger partial charge is 0.274 e. The highest BCUT2D eigenvalue weighted by Gasteiger charge is 2.14. The number of anilines is 1. The van der Waals surface area contributed by atoms with E-state index in [-0.39, 0.29) is 11.0 Å². The Kier molecular flexibility index (Phi) is 9.40. The van der Waals surface area contributed by atoms with Crippen molar-refractivity contribution >= 4 is 11.5 Å². The van der Waals surface area contributed by atoms with Crippen LogP contribution >= 0.6 is 0 Å². The summed E-state index contributed by atoms with van der Waals surface area (Å²) in [5, 5.41) is 6.31. The van der Waals surface area contributed by atoms with Crippen molar-refractivity contribution in [3.8, 4) is 11.4 Å². The first kappa shape index (κ1) is 25.8. The summed E-state index contributed by atoms with van der Waals surface area (Å²) in [6.45, 7) is 15.2. The number of aromatic amines is 1. The van der Waals surface area contributed by atoms with Gasteiger partial charge in [-0.25, -0.2) is 4.98 Å². The molecule has 0 aliphatic carbocycles. The second-order valence-electron chi connectivity index (χ2n) is 8.55. The van der Waals surface area contributed by atoms with Crippen LogP contribution in [-0.2, 0) is 12.0 Å². The average Bonchev–Trinajstić information content (AvgIpc) is 3.25. The molecule has 6 heteroatoms. The van der Waals surface area contributed by atoms with Gasteiger partial charge >= 0.3 is 0 Å². The van der Waals surface area contributed by atoms with Gasteiger partial charge in [-0.15, -0.1) is 0 Å². The van der Waals surface area contributed by atoms with Crippen molar-refractivity contribution < 1.29 is 0 Å². The van der Waals surface area contributed by atoms with E-state index in [1.807, 2.05) is 56.3 Å². The van der Waals surface area contributed by atoms with Gasteiger partial charge in [0.25, 0.3) is 11.3 Å². The molecule has 0 saturated carbocycles. The van der Waals surface area contributed by atoms with E-state index < -0.39 is 0 Å². The van der Waals surface area contributed by atoms with Crippen LogP contribution in [0.2, 0.25) is 0 Å². The van der Waals surface area contributed by atoms with Crippen LogP contribution in [0.4, 0.5) is 5.69 Å². The molecule has 2 heterocycles. The Bertz CT molecular complexity index is 1170. The normalized spacial score (nSPS) is 10.6. The second-order valence-corrected chi connectivity index (χ2v) is 8.55. The maximum atomic E-state index is 12.5. The second kappa shape index (κ2) is 12.0. The number of benzene rings is 2. The summed E-state index contributed by atoms with van der Waals surface area (Å²) in [5.41, 5.74) is 3.70. The fourth-order valence-corrected chi connectivity index (χ4v) is 3.02. The van der Waals surface area contributed by atoms with Crippen molar-refractivity contribution in [2.45, 2.75) is 66.8 Å². The number of fused-ring (bicyclic) bond motifs is 1. The predicted molar refractivity (Wildman–Crippen MR) is 139 cm³/mol. The number of aromatic nitrogens is 4. The number of para-hydroxylation sites is 1. The molecule has 0 saturated heterocycles. The summed E-state index contributed by atoms with van der Waals surface area (Å²) in [7, 11) is 0. The quantitative estimate of drug-likeness (QED) is 0.378. The lowest BCUT2D eigenvalue weighted by Crippen LogP contribution is -2.17. The Balaban J connectivity index is 0.000000714. The van der Waals surface area contributed by atoms with Crippen molar-refractivity contribution in [2.24, 2.45) is 0 Å². The molecule has 0 bridgehead atoms. The van der Waals surface area contributed by atoms with E-state index in [2.05, 4.69) is 67.1 Å². The third-order valence-electron chi connectivity index (χ3n) is 4.66. The van der Waals surface area contributed by atoms with E-state index in [0.717, 1.165) is 11.3 Å². The van der Waals surface area contributed by atoms with E-state index in [0.29, 0.717) is 23.8 Å². The number of rotatable bonds is 4. The van der Waals surface area contributed by atoms with Gasteiger partial charge < -0.3 is 5.32 Å². The molecule has 4 rings (SSSR count). The Morgan fingerprint density at radius 3 is 2.12 bits per heavy atom. The Hall–Kier alpha value is -3.41. The number of H-pyrrole nitrogens is 1. The van der Waals surface area contributed by atoms with E-state index in [1.165, 1.54) is 22.6 Å². The molecular formula is C27H37N5O. The minimum atomic E-state index is -0.181. The molecule has 2 aromatic carbocycles. The van der Waals surface area contributed by atoms with Gasteiger partial charge in [-0.05, 0) is 23.1 Å². The Labute approximate surface area is 197 Å². The van der Waals surface area contributed by atoms with Gasteiger partial charge in [-0.3, -0.25) is 9.89 Å². The number of hydrogen-bond donors (Lipinski definition) is 2. The lowest BCUT2D eigenvalue weighted by atomic mass is 9.87. The zero-order valence-electron chi connectivity index (χ0n) is 20.9. The van der Waals surface area contributed by atoms with Gasteiger partial charge in [0, 0.05) is 17.3 Å². The highest BCUT2D eigenvalue weighted by atomic mass is 16.1. The van der Waals surface area contributed by atoms with Crippen molar-refractivity contribution in [3.63, 3.8) is 0 Å². The first-order chi connectivity index (χ1) is 15.8. The Morgan fingerprint density at radius 2 is 1.55 bits per heavy atom. The van der Waals surface area contributed by atoms with Crippen molar-refractivity contribution in [1.29, 1.82) is 0 Å². The van der Waals surface area contributed by atoms with Crippen LogP contribution in [0.15, 0.2) is 65.5 Å². The number of nitrogens with zero attached hydrogens (tertiary/aromatic N) is 3. The minimum Gasteiger partial charge on any atom is -0.379 e. The van der Waals surface area contributed by atoms with Gasteiger partial charge in [0.15, 0.2) is 5.82 Å². The predicted octanol–water partition coefficient (Wildman–Crippen LogP) is 6.44. The van der Waals surface area contributed by atoms with Gasteiger partial charge in [-0.2, -0.15) is 9.50 Å². The first-order valence-electron chi connectivity index (χ1n) is 11.7. The molecule has 0 aliphatic rings. The van der Waals surface area contributed by atoms with E-state index in [9.17, 15) is 4.79 Å². The highest BCUT2D eigenvalue weighted by molar-refractivity contribution is 5.57. The summed E-state index contributed by atoms with van der Waals surface area (Å²) in [5.74, 6) is 0.991. The highest BCUT2D eigenvalue weighted by Crippen LogP contribution is 2.24. The van der Waals surface area contributed by atoms with E-state index in [4.69, 9.17) is 0 Å². The average molecular weight is 448 g/mol. The molecule has 33 heavy (non-hydrogen) atoms. The van der Waals surface area contributed by atoms with Crippen LogP contribution in [0.5, 0.6) is 0 Å². The van der Waals surface area contributed by atoms with E-state index >= 15 is 0 Å². The molecule has 0 amide bonds. The first-order valence-corrected chi connectivity index (χ1v) is 11.7. The number of nitrogens with one attached hydrogen (secondary N) is 2. The summed E-state index contributed by atoms with van der Waals surface area (Å²) in [6, 6.07) is 19.6. The lowest BCUT2D eigenvalue weighted by Gasteiger charge is -2.18. The topological polar surface area (TPSA) is 75.1 Å². The molecule has 0 radical (unpaired) electrons.